The number of carbonyl (C=O) groups is 1. The third kappa shape index (κ3) is 4.00. The van der Waals surface area contributed by atoms with Crippen LogP contribution in [0.4, 0.5) is 16.2 Å². The van der Waals surface area contributed by atoms with Gasteiger partial charge in [-0.15, -0.1) is 0 Å². The van der Waals surface area contributed by atoms with Crippen molar-refractivity contribution in [1.82, 2.24) is 10.2 Å². The molecule has 1 aromatic rings. The van der Waals surface area contributed by atoms with E-state index in [1.54, 1.807) is 20.2 Å². The van der Waals surface area contributed by atoms with Gasteiger partial charge in [0.2, 0.25) is 0 Å². The molecule has 0 aliphatic heterocycles. The molecule has 0 heterocycles. The first-order chi connectivity index (χ1) is 8.41. The molecule has 5 nitrogen and oxygen atoms in total. The van der Waals surface area contributed by atoms with E-state index in [4.69, 9.17) is 17.3 Å². The Kier molecular flexibility index (Phi) is 5.09. The van der Waals surface area contributed by atoms with Crippen LogP contribution in [-0.4, -0.2) is 38.1 Å². The first kappa shape index (κ1) is 14.4. The average Bonchev–Trinajstić information content (AvgIpc) is 2.30. The van der Waals surface area contributed by atoms with Crippen molar-refractivity contribution in [2.45, 2.75) is 6.92 Å². The van der Waals surface area contributed by atoms with Crippen LogP contribution in [-0.2, 0) is 0 Å². The first-order valence-corrected chi connectivity index (χ1v) is 6.04. The van der Waals surface area contributed by atoms with E-state index >= 15 is 0 Å². The number of benzene rings is 1. The topological polar surface area (TPSA) is 70.4 Å². The van der Waals surface area contributed by atoms with Crippen molar-refractivity contribution in [3.63, 3.8) is 0 Å². The standard InChI is InChI=1S/C12H19ClN4O/c1-8-6-10(14)9(13)7-11(8)15-4-5-16-12(18)17(2)3/h6-7,15H,4-5,14H2,1-3H3,(H,16,18). The lowest BCUT2D eigenvalue weighted by molar-refractivity contribution is 0.218. The number of anilines is 2. The van der Waals surface area contributed by atoms with Gasteiger partial charge in [-0.2, -0.15) is 0 Å². The second-order valence-corrected chi connectivity index (χ2v) is 4.65. The Balaban J connectivity index is 2.45. The van der Waals surface area contributed by atoms with Gasteiger partial charge in [0.1, 0.15) is 0 Å². The van der Waals surface area contributed by atoms with E-state index in [2.05, 4.69) is 10.6 Å². The van der Waals surface area contributed by atoms with Gasteiger partial charge < -0.3 is 21.3 Å². The summed E-state index contributed by atoms with van der Waals surface area (Å²) in [6, 6.07) is 3.51. The van der Waals surface area contributed by atoms with Gasteiger partial charge in [-0.05, 0) is 24.6 Å². The second-order valence-electron chi connectivity index (χ2n) is 4.24. The van der Waals surface area contributed by atoms with Crippen molar-refractivity contribution in [3.8, 4) is 0 Å². The number of halogens is 1. The van der Waals surface area contributed by atoms with Crippen molar-refractivity contribution >= 4 is 29.0 Å². The molecule has 18 heavy (non-hydrogen) atoms. The number of hydrogen-bond acceptors (Lipinski definition) is 3. The van der Waals surface area contributed by atoms with Crippen molar-refractivity contribution in [2.75, 3.05) is 38.2 Å². The molecule has 1 aromatic carbocycles. The zero-order chi connectivity index (χ0) is 13.7. The fourth-order valence-electron chi connectivity index (χ4n) is 1.42. The zero-order valence-electron chi connectivity index (χ0n) is 10.9. The van der Waals surface area contributed by atoms with Crippen molar-refractivity contribution in [3.05, 3.63) is 22.7 Å². The number of nitrogens with zero attached hydrogens (tertiary/aromatic N) is 1. The van der Waals surface area contributed by atoms with Crippen molar-refractivity contribution in [2.24, 2.45) is 0 Å². The molecule has 100 valence electrons. The molecule has 0 bridgehead atoms. The normalized spacial score (nSPS) is 10.0. The van der Waals surface area contributed by atoms with E-state index in [-0.39, 0.29) is 6.03 Å². The Hall–Kier alpha value is -1.62. The maximum absolute atomic E-state index is 11.3. The number of rotatable bonds is 4. The summed E-state index contributed by atoms with van der Waals surface area (Å²) in [4.78, 5) is 12.8. The highest BCUT2D eigenvalue weighted by Gasteiger charge is 2.04. The van der Waals surface area contributed by atoms with E-state index in [9.17, 15) is 4.79 Å². The molecule has 0 fully saturated rings. The fourth-order valence-corrected chi connectivity index (χ4v) is 1.58. The second kappa shape index (κ2) is 6.35. The number of amides is 2. The summed E-state index contributed by atoms with van der Waals surface area (Å²) in [5.74, 6) is 0. The summed E-state index contributed by atoms with van der Waals surface area (Å²) in [6.45, 7) is 3.12. The first-order valence-electron chi connectivity index (χ1n) is 5.66. The van der Waals surface area contributed by atoms with Crippen molar-refractivity contribution in [1.29, 1.82) is 0 Å². The molecular weight excluding hydrogens is 252 g/mol. The van der Waals surface area contributed by atoms with Gasteiger partial charge in [0, 0.05) is 32.9 Å². The molecule has 0 saturated heterocycles. The molecule has 0 aliphatic rings. The summed E-state index contributed by atoms with van der Waals surface area (Å²) < 4.78 is 0. The molecule has 6 heteroatoms. The molecule has 0 radical (unpaired) electrons. The van der Waals surface area contributed by atoms with E-state index in [1.165, 1.54) is 4.90 Å². The Labute approximate surface area is 112 Å². The quantitative estimate of drug-likeness (QED) is 0.578. The minimum absolute atomic E-state index is 0.108. The van der Waals surface area contributed by atoms with Crippen LogP contribution in [0.5, 0.6) is 0 Å². The Morgan fingerprint density at radius 1 is 1.39 bits per heavy atom. The molecule has 0 aromatic heterocycles. The van der Waals surface area contributed by atoms with Crippen LogP contribution >= 0.6 is 11.6 Å². The molecule has 1 rings (SSSR count). The molecule has 0 atom stereocenters. The highest BCUT2D eigenvalue weighted by molar-refractivity contribution is 6.33. The average molecular weight is 271 g/mol. The van der Waals surface area contributed by atoms with Gasteiger partial charge in [0.25, 0.3) is 0 Å². The number of aryl methyl sites for hydroxylation is 1. The summed E-state index contributed by atoms with van der Waals surface area (Å²) in [6.07, 6.45) is 0. The third-order valence-electron chi connectivity index (χ3n) is 2.47. The molecule has 0 saturated carbocycles. The van der Waals surface area contributed by atoms with Gasteiger partial charge in [-0.1, -0.05) is 11.6 Å². The van der Waals surface area contributed by atoms with Crippen LogP contribution < -0.4 is 16.4 Å². The SMILES string of the molecule is Cc1cc(N)c(Cl)cc1NCCNC(=O)N(C)C. The van der Waals surface area contributed by atoms with Crippen LogP contribution in [0.15, 0.2) is 12.1 Å². The van der Waals surface area contributed by atoms with Crippen LogP contribution in [0.1, 0.15) is 5.56 Å². The van der Waals surface area contributed by atoms with Gasteiger partial charge in [-0.3, -0.25) is 0 Å². The Morgan fingerprint density at radius 2 is 2.06 bits per heavy atom. The minimum Gasteiger partial charge on any atom is -0.398 e. The number of nitrogens with two attached hydrogens (primary N) is 1. The van der Waals surface area contributed by atoms with Crippen LogP contribution in [0.2, 0.25) is 5.02 Å². The van der Waals surface area contributed by atoms with E-state index in [0.717, 1.165) is 11.3 Å². The number of nitrogen functional groups attached to an aromatic ring is 1. The fraction of sp³-hybridized carbons (Fsp3) is 0.417. The smallest absolute Gasteiger partial charge is 0.316 e. The number of carbonyl (C=O) groups excluding carboxylic acids is 1. The van der Waals surface area contributed by atoms with Gasteiger partial charge in [0.05, 0.1) is 10.7 Å². The Bertz CT molecular complexity index is 434. The molecule has 0 unspecified atom stereocenters. The zero-order valence-corrected chi connectivity index (χ0v) is 11.6. The minimum atomic E-state index is -0.108. The highest BCUT2D eigenvalue weighted by atomic mass is 35.5. The maximum Gasteiger partial charge on any atom is 0.316 e. The summed E-state index contributed by atoms with van der Waals surface area (Å²) >= 11 is 5.95. The summed E-state index contributed by atoms with van der Waals surface area (Å²) in [5.41, 5.74) is 8.21. The Morgan fingerprint density at radius 3 is 2.67 bits per heavy atom. The molecular formula is C12H19ClN4O. The molecule has 0 spiro atoms. The van der Waals surface area contributed by atoms with Crippen LogP contribution in [0.25, 0.3) is 0 Å². The number of hydrogen-bond donors (Lipinski definition) is 3. The predicted molar refractivity (Wildman–Crippen MR) is 76.2 cm³/mol. The lowest BCUT2D eigenvalue weighted by Crippen LogP contribution is -2.37. The van der Waals surface area contributed by atoms with Gasteiger partial charge >= 0.3 is 6.03 Å². The predicted octanol–water partition coefficient (Wildman–Crippen LogP) is 1.91. The summed E-state index contributed by atoms with van der Waals surface area (Å²) in [7, 11) is 3.40. The van der Waals surface area contributed by atoms with E-state index < -0.39 is 0 Å². The van der Waals surface area contributed by atoms with Gasteiger partial charge in [-0.25, -0.2) is 4.79 Å². The van der Waals surface area contributed by atoms with E-state index in [0.29, 0.717) is 23.8 Å². The van der Waals surface area contributed by atoms with Gasteiger partial charge in [0.15, 0.2) is 0 Å². The molecule has 0 aliphatic carbocycles. The number of urea groups is 1. The van der Waals surface area contributed by atoms with E-state index in [1.807, 2.05) is 13.0 Å². The maximum atomic E-state index is 11.3. The number of nitrogens with one attached hydrogen (secondary N) is 2. The summed E-state index contributed by atoms with van der Waals surface area (Å²) in [5, 5.41) is 6.49. The van der Waals surface area contributed by atoms with Crippen LogP contribution in [0.3, 0.4) is 0 Å². The monoisotopic (exact) mass is 270 g/mol. The van der Waals surface area contributed by atoms with Crippen molar-refractivity contribution < 1.29 is 4.79 Å². The van der Waals surface area contributed by atoms with Crippen LogP contribution in [0, 0.1) is 6.92 Å². The highest BCUT2D eigenvalue weighted by Crippen LogP contribution is 2.26. The molecule has 4 N–H and O–H groups in total. The lowest BCUT2D eigenvalue weighted by atomic mass is 10.2. The lowest BCUT2D eigenvalue weighted by Gasteiger charge is -2.14. The largest absolute Gasteiger partial charge is 0.398 e. The third-order valence-corrected chi connectivity index (χ3v) is 2.79. The molecule has 2 amide bonds.